The van der Waals surface area contributed by atoms with Gasteiger partial charge in [0.25, 0.3) is 10.0 Å². The van der Waals surface area contributed by atoms with E-state index in [1.807, 2.05) is 43.5 Å². The van der Waals surface area contributed by atoms with Crippen LogP contribution in [0.3, 0.4) is 0 Å². The Hall–Kier alpha value is -2.45. The number of hydrogen-bond acceptors (Lipinski definition) is 5. The summed E-state index contributed by atoms with van der Waals surface area (Å²) >= 11 is 1.65. The summed E-state index contributed by atoms with van der Waals surface area (Å²) in [7, 11) is -3.69. The first-order valence-electron chi connectivity index (χ1n) is 8.93. The molecule has 1 aliphatic rings. The third-order valence-corrected chi connectivity index (χ3v) is 7.10. The maximum absolute atomic E-state index is 12.6. The average molecular weight is 418 g/mol. The van der Waals surface area contributed by atoms with Crippen molar-refractivity contribution in [2.45, 2.75) is 27.2 Å². The van der Waals surface area contributed by atoms with Crippen molar-refractivity contribution in [2.75, 3.05) is 13.1 Å². The molecule has 28 heavy (non-hydrogen) atoms. The Bertz CT molecular complexity index is 1050. The molecule has 1 amide bonds. The number of carbonyl (C=O) groups excluding carboxylic acids is 1. The predicted octanol–water partition coefficient (Wildman–Crippen LogP) is 2.79. The molecule has 2 aromatic rings. The maximum Gasteiger partial charge on any atom is 0.264 e. The summed E-state index contributed by atoms with van der Waals surface area (Å²) in [6.45, 7) is 6.03. The third-order valence-electron chi connectivity index (χ3n) is 4.62. The summed E-state index contributed by atoms with van der Waals surface area (Å²) in [4.78, 5) is 17.6. The lowest BCUT2D eigenvalue weighted by Gasteiger charge is -2.06. The van der Waals surface area contributed by atoms with E-state index in [9.17, 15) is 13.2 Å². The lowest BCUT2D eigenvalue weighted by atomic mass is 10.0. The van der Waals surface area contributed by atoms with Crippen molar-refractivity contribution < 1.29 is 13.2 Å². The van der Waals surface area contributed by atoms with Crippen molar-refractivity contribution in [3.05, 3.63) is 62.9 Å². The molecule has 2 heterocycles. The van der Waals surface area contributed by atoms with Crippen molar-refractivity contribution in [1.82, 2.24) is 10.0 Å². The van der Waals surface area contributed by atoms with Crippen molar-refractivity contribution in [3.63, 3.8) is 0 Å². The van der Waals surface area contributed by atoms with E-state index >= 15 is 0 Å². The SMILES string of the molecule is CC1=C(c2ccc(C)c(C)c2)S(=O)(=O)NC1=NCC(=O)NCCc1cccs1. The maximum atomic E-state index is 12.6. The van der Waals surface area contributed by atoms with Gasteiger partial charge in [0.2, 0.25) is 5.91 Å². The number of benzene rings is 1. The number of sulfonamides is 1. The number of amides is 1. The first-order chi connectivity index (χ1) is 13.3. The zero-order chi connectivity index (χ0) is 20.3. The standard InChI is InChI=1S/C20H23N3O3S2/c1-13-6-7-16(11-14(13)2)19-15(3)20(23-28(19,25)26)22-12-18(24)21-9-8-17-5-4-10-27-17/h4-7,10-11H,8-9,12H2,1-3H3,(H,21,24)(H,22,23). The van der Waals surface area contributed by atoms with Crippen LogP contribution in [0.4, 0.5) is 0 Å². The molecule has 1 aliphatic heterocycles. The van der Waals surface area contributed by atoms with E-state index in [0.29, 0.717) is 17.7 Å². The highest BCUT2D eigenvalue weighted by atomic mass is 32.2. The van der Waals surface area contributed by atoms with Crippen molar-refractivity contribution >= 4 is 38.0 Å². The van der Waals surface area contributed by atoms with Crippen LogP contribution < -0.4 is 10.0 Å². The molecule has 0 saturated heterocycles. The van der Waals surface area contributed by atoms with Crippen molar-refractivity contribution in [3.8, 4) is 0 Å². The van der Waals surface area contributed by atoms with Crippen LogP contribution in [0.15, 0.2) is 46.3 Å². The molecule has 0 unspecified atom stereocenters. The second-order valence-corrected chi connectivity index (χ2v) is 9.35. The fraction of sp³-hybridized carbons (Fsp3) is 0.300. The van der Waals surface area contributed by atoms with Gasteiger partial charge in [-0.05, 0) is 55.3 Å². The number of aryl methyl sites for hydroxylation is 2. The van der Waals surface area contributed by atoms with Gasteiger partial charge in [-0.25, -0.2) is 8.42 Å². The molecule has 0 atom stereocenters. The summed E-state index contributed by atoms with van der Waals surface area (Å²) in [6.07, 6.45) is 0.766. The smallest absolute Gasteiger partial charge is 0.264 e. The molecule has 0 saturated carbocycles. The van der Waals surface area contributed by atoms with E-state index in [1.165, 1.54) is 4.88 Å². The van der Waals surface area contributed by atoms with E-state index in [2.05, 4.69) is 15.0 Å². The number of amidine groups is 1. The van der Waals surface area contributed by atoms with E-state index in [1.54, 1.807) is 24.3 Å². The summed E-state index contributed by atoms with van der Waals surface area (Å²) in [5.41, 5.74) is 3.26. The Morgan fingerprint density at radius 1 is 1.18 bits per heavy atom. The lowest BCUT2D eigenvalue weighted by Crippen LogP contribution is -2.30. The first-order valence-corrected chi connectivity index (χ1v) is 11.3. The molecule has 1 aromatic carbocycles. The summed E-state index contributed by atoms with van der Waals surface area (Å²) < 4.78 is 27.6. The van der Waals surface area contributed by atoms with Crippen LogP contribution in [0.25, 0.3) is 4.91 Å². The molecule has 1 aromatic heterocycles. The Balaban J connectivity index is 1.70. The van der Waals surface area contributed by atoms with Crippen LogP contribution in [-0.2, 0) is 21.2 Å². The number of carbonyl (C=O) groups is 1. The fourth-order valence-corrected chi connectivity index (χ4v) is 5.18. The van der Waals surface area contributed by atoms with Crippen LogP contribution in [-0.4, -0.2) is 33.3 Å². The topological polar surface area (TPSA) is 87.6 Å². The quantitative estimate of drug-likeness (QED) is 0.758. The van der Waals surface area contributed by atoms with Gasteiger partial charge >= 0.3 is 0 Å². The van der Waals surface area contributed by atoms with E-state index < -0.39 is 10.0 Å². The van der Waals surface area contributed by atoms with Crippen LogP contribution in [0.5, 0.6) is 0 Å². The zero-order valence-electron chi connectivity index (χ0n) is 16.1. The van der Waals surface area contributed by atoms with Gasteiger partial charge in [-0.2, -0.15) is 0 Å². The number of hydrogen-bond donors (Lipinski definition) is 2. The molecule has 2 N–H and O–H groups in total. The van der Waals surface area contributed by atoms with Gasteiger partial charge in [0.15, 0.2) is 0 Å². The minimum Gasteiger partial charge on any atom is -0.354 e. The van der Waals surface area contributed by atoms with E-state index in [0.717, 1.165) is 17.5 Å². The molecule has 8 heteroatoms. The lowest BCUT2D eigenvalue weighted by molar-refractivity contribution is -0.119. The third kappa shape index (κ3) is 4.51. The fourth-order valence-electron chi connectivity index (χ4n) is 2.96. The van der Waals surface area contributed by atoms with Crippen molar-refractivity contribution in [1.29, 1.82) is 0 Å². The van der Waals surface area contributed by atoms with Gasteiger partial charge < -0.3 is 5.32 Å². The monoisotopic (exact) mass is 417 g/mol. The molecule has 3 rings (SSSR count). The number of rotatable bonds is 6. The Morgan fingerprint density at radius 3 is 2.64 bits per heavy atom. The molecule has 0 spiro atoms. The normalized spacial score (nSPS) is 17.0. The molecule has 148 valence electrons. The van der Waals surface area contributed by atoms with Crippen LogP contribution in [0.2, 0.25) is 0 Å². The van der Waals surface area contributed by atoms with E-state index in [-0.39, 0.29) is 23.2 Å². The van der Waals surface area contributed by atoms with Gasteiger partial charge in [-0.15, -0.1) is 11.3 Å². The largest absolute Gasteiger partial charge is 0.354 e. The molecule has 0 fully saturated rings. The Labute approximate surface area is 169 Å². The number of thiophene rings is 1. The van der Waals surface area contributed by atoms with Crippen molar-refractivity contribution in [2.24, 2.45) is 4.99 Å². The summed E-state index contributed by atoms with van der Waals surface area (Å²) in [6, 6.07) is 9.54. The predicted molar refractivity (Wildman–Crippen MR) is 114 cm³/mol. The first kappa shape index (κ1) is 20.3. The van der Waals surface area contributed by atoms with Gasteiger partial charge in [0, 0.05) is 17.0 Å². The molecule has 0 bridgehead atoms. The average Bonchev–Trinajstić information content (AvgIpc) is 3.22. The van der Waals surface area contributed by atoms with E-state index in [4.69, 9.17) is 0 Å². The Kier molecular flexibility index (Phi) is 6.00. The summed E-state index contributed by atoms with van der Waals surface area (Å²) in [5, 5.41) is 4.80. The van der Waals surface area contributed by atoms with Gasteiger partial charge in [-0.3, -0.25) is 14.5 Å². The van der Waals surface area contributed by atoms with Gasteiger partial charge in [0.05, 0.1) is 0 Å². The highest BCUT2D eigenvalue weighted by molar-refractivity contribution is 8.00. The Morgan fingerprint density at radius 2 is 1.96 bits per heavy atom. The van der Waals surface area contributed by atoms with Crippen LogP contribution in [0, 0.1) is 13.8 Å². The second kappa shape index (κ2) is 8.28. The van der Waals surface area contributed by atoms with Crippen LogP contribution in [0.1, 0.15) is 28.5 Å². The molecular formula is C20H23N3O3S2. The minimum atomic E-state index is -3.69. The number of nitrogens with zero attached hydrogens (tertiary/aromatic N) is 1. The molecule has 0 aliphatic carbocycles. The molecule has 0 radical (unpaired) electrons. The number of aliphatic imine (C=N–C) groups is 1. The second-order valence-electron chi connectivity index (χ2n) is 6.70. The van der Waals surface area contributed by atoms with Gasteiger partial charge in [-0.1, -0.05) is 24.3 Å². The molecule has 6 nitrogen and oxygen atoms in total. The zero-order valence-corrected chi connectivity index (χ0v) is 17.7. The highest BCUT2D eigenvalue weighted by Gasteiger charge is 2.32. The highest BCUT2D eigenvalue weighted by Crippen LogP contribution is 2.30. The summed E-state index contributed by atoms with van der Waals surface area (Å²) in [5.74, 6) is -0.0164. The van der Waals surface area contributed by atoms with Crippen LogP contribution >= 0.6 is 11.3 Å². The van der Waals surface area contributed by atoms with Gasteiger partial charge in [0.1, 0.15) is 17.3 Å². The minimum absolute atomic E-state index is 0.125. The number of nitrogens with one attached hydrogen (secondary N) is 2. The molecular weight excluding hydrogens is 394 g/mol.